The number of phosphoric ester groups is 1. The average Bonchev–Trinajstić information content (AvgIpc) is 2.97. The van der Waals surface area contributed by atoms with Gasteiger partial charge in [0, 0.05) is 12.8 Å². The molecule has 0 fully saturated rings. The molecule has 8 nitrogen and oxygen atoms in total. The van der Waals surface area contributed by atoms with E-state index in [2.05, 4.69) is 18.4 Å². The molecule has 2 N–H and O–H groups in total. The first-order chi connectivity index (χ1) is 20.8. The molecule has 0 aromatic rings. The maximum absolute atomic E-state index is 12.3. The number of phosphoric acid groups is 1. The van der Waals surface area contributed by atoms with Crippen LogP contribution in [0.3, 0.4) is 0 Å². The fourth-order valence-electron chi connectivity index (χ4n) is 5.20. The van der Waals surface area contributed by atoms with Crippen LogP contribution in [0.1, 0.15) is 187 Å². The lowest BCUT2D eigenvalue weighted by Crippen LogP contribution is -2.29. The normalized spacial score (nSPS) is 12.4. The summed E-state index contributed by atoms with van der Waals surface area (Å²) < 4.78 is 26.2. The second kappa shape index (κ2) is 31.0. The van der Waals surface area contributed by atoms with Crippen LogP contribution in [0, 0.1) is 0 Å². The van der Waals surface area contributed by atoms with Gasteiger partial charge in [0.1, 0.15) is 6.61 Å². The second-order valence-electron chi connectivity index (χ2n) is 12.2. The Bertz CT molecular complexity index is 681. The molecule has 43 heavy (non-hydrogen) atoms. The molecule has 0 rings (SSSR count). The number of carbonyl (C=O) groups excluding carboxylic acids is 2. The standard InChI is InChI=1S/C34H67O8P/c1-3-5-7-9-11-13-15-16-17-19-21-23-25-27-29-34(36)42-32(31-41-43(37,38)39)30-40-33(35)28-26-24-22-20-18-14-12-10-8-6-4-2/h32H,3-31H2,1-2H3,(H2,37,38,39)/t32-/m1/s1. The molecular formula is C34H67O8P. The summed E-state index contributed by atoms with van der Waals surface area (Å²) in [5.74, 6) is -0.875. The molecule has 256 valence electrons. The van der Waals surface area contributed by atoms with Gasteiger partial charge in [0.2, 0.25) is 0 Å². The van der Waals surface area contributed by atoms with Gasteiger partial charge in [0.15, 0.2) is 6.10 Å². The third kappa shape index (κ3) is 33.8. The van der Waals surface area contributed by atoms with Crippen molar-refractivity contribution < 1.29 is 37.9 Å². The molecule has 0 bridgehead atoms. The van der Waals surface area contributed by atoms with Crippen LogP contribution in [0.2, 0.25) is 0 Å². The molecule has 0 aliphatic heterocycles. The van der Waals surface area contributed by atoms with Crippen molar-refractivity contribution in [1.82, 2.24) is 0 Å². The van der Waals surface area contributed by atoms with E-state index < -0.39 is 32.5 Å². The van der Waals surface area contributed by atoms with E-state index in [1.54, 1.807) is 0 Å². The van der Waals surface area contributed by atoms with Crippen molar-refractivity contribution in [1.29, 1.82) is 0 Å². The van der Waals surface area contributed by atoms with Crippen LogP contribution in [0.25, 0.3) is 0 Å². The van der Waals surface area contributed by atoms with Gasteiger partial charge >= 0.3 is 19.8 Å². The summed E-state index contributed by atoms with van der Waals surface area (Å²) in [6, 6.07) is 0. The van der Waals surface area contributed by atoms with E-state index in [0.717, 1.165) is 32.1 Å². The predicted molar refractivity (Wildman–Crippen MR) is 175 cm³/mol. The van der Waals surface area contributed by atoms with Gasteiger partial charge in [0.05, 0.1) is 6.61 Å². The molecule has 0 heterocycles. The maximum atomic E-state index is 12.3. The minimum atomic E-state index is -4.74. The zero-order valence-corrected chi connectivity index (χ0v) is 28.8. The highest BCUT2D eigenvalue weighted by atomic mass is 31.2. The van der Waals surface area contributed by atoms with Crippen LogP contribution in [0.15, 0.2) is 0 Å². The SMILES string of the molecule is CCCCCCCCCCCCCCCCC(=O)O[C@H](COC(=O)CCCCCCCCCCCCC)COP(=O)(O)O. The highest BCUT2D eigenvalue weighted by molar-refractivity contribution is 7.46. The largest absolute Gasteiger partial charge is 0.469 e. The van der Waals surface area contributed by atoms with Gasteiger partial charge in [-0.25, -0.2) is 4.57 Å². The number of unbranched alkanes of at least 4 members (excludes halogenated alkanes) is 23. The van der Waals surface area contributed by atoms with Gasteiger partial charge in [-0.2, -0.15) is 0 Å². The van der Waals surface area contributed by atoms with E-state index in [0.29, 0.717) is 6.42 Å². The van der Waals surface area contributed by atoms with Crippen molar-refractivity contribution in [2.45, 2.75) is 193 Å². The monoisotopic (exact) mass is 634 g/mol. The van der Waals surface area contributed by atoms with Crippen molar-refractivity contribution in [3.63, 3.8) is 0 Å². The smallest absolute Gasteiger partial charge is 0.462 e. The topological polar surface area (TPSA) is 119 Å². The Kier molecular flexibility index (Phi) is 30.4. The van der Waals surface area contributed by atoms with Crippen molar-refractivity contribution in [2.24, 2.45) is 0 Å². The van der Waals surface area contributed by atoms with Crippen LogP contribution >= 0.6 is 7.82 Å². The van der Waals surface area contributed by atoms with E-state index in [1.165, 1.54) is 122 Å². The van der Waals surface area contributed by atoms with Crippen LogP contribution in [-0.4, -0.2) is 41.0 Å². The fourth-order valence-corrected chi connectivity index (χ4v) is 5.56. The fraction of sp³-hybridized carbons (Fsp3) is 0.941. The average molecular weight is 635 g/mol. The minimum absolute atomic E-state index is 0.219. The zero-order valence-electron chi connectivity index (χ0n) is 27.9. The van der Waals surface area contributed by atoms with Crippen LogP contribution in [0.4, 0.5) is 0 Å². The first kappa shape index (κ1) is 42.0. The molecule has 0 radical (unpaired) electrons. The summed E-state index contributed by atoms with van der Waals surface area (Å²) >= 11 is 0. The second-order valence-corrected chi connectivity index (χ2v) is 13.5. The Labute approximate surface area is 264 Å². The number of carbonyl (C=O) groups is 2. The molecule has 0 aromatic carbocycles. The van der Waals surface area contributed by atoms with E-state index in [-0.39, 0.29) is 19.4 Å². The molecule has 9 heteroatoms. The molecule has 0 unspecified atom stereocenters. The van der Waals surface area contributed by atoms with Gasteiger partial charge in [0.25, 0.3) is 0 Å². The molecular weight excluding hydrogens is 567 g/mol. The molecule has 0 amide bonds. The third-order valence-electron chi connectivity index (χ3n) is 7.88. The predicted octanol–water partition coefficient (Wildman–Crippen LogP) is 10.1. The summed E-state index contributed by atoms with van der Waals surface area (Å²) in [5.41, 5.74) is 0. The van der Waals surface area contributed by atoms with E-state index >= 15 is 0 Å². The number of hydrogen-bond donors (Lipinski definition) is 2. The van der Waals surface area contributed by atoms with E-state index in [1.807, 2.05) is 0 Å². The van der Waals surface area contributed by atoms with Crippen molar-refractivity contribution in [3.05, 3.63) is 0 Å². The lowest BCUT2D eigenvalue weighted by atomic mass is 10.0. The lowest BCUT2D eigenvalue weighted by molar-refractivity contribution is -0.161. The number of esters is 2. The highest BCUT2D eigenvalue weighted by Crippen LogP contribution is 2.36. The maximum Gasteiger partial charge on any atom is 0.469 e. The molecule has 0 aromatic heterocycles. The first-order valence-corrected chi connectivity index (χ1v) is 19.4. The highest BCUT2D eigenvalue weighted by Gasteiger charge is 2.22. The molecule has 0 aliphatic carbocycles. The Morgan fingerprint density at radius 2 is 0.837 bits per heavy atom. The van der Waals surface area contributed by atoms with Crippen molar-refractivity contribution in [2.75, 3.05) is 13.2 Å². The number of hydrogen-bond acceptors (Lipinski definition) is 6. The van der Waals surface area contributed by atoms with Gasteiger partial charge in [-0.3, -0.25) is 14.1 Å². The zero-order chi connectivity index (χ0) is 31.9. The van der Waals surface area contributed by atoms with E-state index in [4.69, 9.17) is 19.3 Å². The summed E-state index contributed by atoms with van der Waals surface area (Å²) in [6.07, 6.45) is 29.6. The third-order valence-corrected chi connectivity index (χ3v) is 8.36. The summed E-state index contributed by atoms with van der Waals surface area (Å²) in [7, 11) is -4.74. The first-order valence-electron chi connectivity index (χ1n) is 17.8. The van der Waals surface area contributed by atoms with Gasteiger partial charge in [-0.1, -0.05) is 162 Å². The Balaban J connectivity index is 3.95. The quantitative estimate of drug-likeness (QED) is 0.0416. The lowest BCUT2D eigenvalue weighted by Gasteiger charge is -2.18. The van der Waals surface area contributed by atoms with Gasteiger partial charge in [-0.05, 0) is 12.8 Å². The van der Waals surface area contributed by atoms with Crippen LogP contribution < -0.4 is 0 Å². The Hall–Kier alpha value is -0.950. The van der Waals surface area contributed by atoms with Crippen LogP contribution in [0.5, 0.6) is 0 Å². The molecule has 0 saturated carbocycles. The summed E-state index contributed by atoms with van der Waals surface area (Å²) in [4.78, 5) is 42.5. The molecule has 0 aliphatic rings. The van der Waals surface area contributed by atoms with Gasteiger partial charge in [-0.15, -0.1) is 0 Å². The van der Waals surface area contributed by atoms with Gasteiger partial charge < -0.3 is 19.3 Å². The summed E-state index contributed by atoms with van der Waals surface area (Å²) in [6.45, 7) is 3.67. The Morgan fingerprint density at radius 3 is 1.19 bits per heavy atom. The van der Waals surface area contributed by atoms with Crippen molar-refractivity contribution >= 4 is 19.8 Å². The minimum Gasteiger partial charge on any atom is -0.462 e. The number of ether oxygens (including phenoxy) is 2. The Morgan fingerprint density at radius 1 is 0.512 bits per heavy atom. The number of rotatable bonds is 33. The van der Waals surface area contributed by atoms with E-state index in [9.17, 15) is 14.2 Å². The summed E-state index contributed by atoms with van der Waals surface area (Å²) in [5, 5.41) is 0. The van der Waals surface area contributed by atoms with Crippen LogP contribution in [-0.2, 0) is 28.2 Å². The molecule has 1 atom stereocenters. The van der Waals surface area contributed by atoms with Crippen molar-refractivity contribution in [3.8, 4) is 0 Å². The molecule has 0 saturated heterocycles. The molecule has 0 spiro atoms.